The van der Waals surface area contributed by atoms with Crippen molar-refractivity contribution >= 4 is 28.5 Å². The first kappa shape index (κ1) is 17.6. The van der Waals surface area contributed by atoms with E-state index in [-0.39, 0.29) is 24.3 Å². The summed E-state index contributed by atoms with van der Waals surface area (Å²) in [6, 6.07) is 18.8. The average molecular weight is 347 g/mol. The number of anilines is 1. The molecule has 0 saturated heterocycles. The lowest BCUT2D eigenvalue weighted by molar-refractivity contribution is -0.120. The molecule has 0 radical (unpaired) electrons. The van der Waals surface area contributed by atoms with Crippen molar-refractivity contribution in [3.05, 3.63) is 71.8 Å². The van der Waals surface area contributed by atoms with E-state index in [0.29, 0.717) is 5.82 Å². The summed E-state index contributed by atoms with van der Waals surface area (Å²) in [7, 11) is 0. The van der Waals surface area contributed by atoms with Crippen LogP contribution in [0.5, 0.6) is 0 Å². The largest absolute Gasteiger partial charge is 0.349 e. The number of hydrogen-bond acceptors (Lipinski definition) is 3. The molecule has 0 fully saturated rings. The van der Waals surface area contributed by atoms with Crippen LogP contribution in [0.4, 0.5) is 5.82 Å². The number of rotatable bonds is 5. The van der Waals surface area contributed by atoms with Crippen LogP contribution in [0.15, 0.2) is 60.7 Å². The molecule has 1 atom stereocenters. The summed E-state index contributed by atoms with van der Waals surface area (Å²) in [5.74, 6) is 0.124. The Morgan fingerprint density at radius 3 is 2.46 bits per heavy atom. The summed E-state index contributed by atoms with van der Waals surface area (Å²) in [6.07, 6.45) is 0.136. The maximum Gasteiger partial charge on any atom is 0.227 e. The van der Waals surface area contributed by atoms with Crippen LogP contribution < -0.4 is 10.6 Å². The third-order valence-electron chi connectivity index (χ3n) is 4.11. The number of fused-ring (bicyclic) bond motifs is 1. The zero-order valence-corrected chi connectivity index (χ0v) is 14.8. The van der Waals surface area contributed by atoms with Gasteiger partial charge in [0, 0.05) is 12.3 Å². The van der Waals surface area contributed by atoms with E-state index in [0.717, 1.165) is 22.0 Å². The summed E-state index contributed by atoms with van der Waals surface area (Å²) in [5, 5.41) is 6.67. The molecule has 3 rings (SSSR count). The first-order chi connectivity index (χ1) is 12.5. The minimum absolute atomic E-state index is 0.136. The second kappa shape index (κ2) is 7.78. The molecular formula is C21H21N3O2. The minimum Gasteiger partial charge on any atom is -0.349 e. The topological polar surface area (TPSA) is 71.1 Å². The van der Waals surface area contributed by atoms with Crippen molar-refractivity contribution in [1.29, 1.82) is 0 Å². The molecule has 0 aliphatic carbocycles. The number of carbonyl (C=O) groups is 2. The van der Waals surface area contributed by atoms with E-state index in [2.05, 4.69) is 15.6 Å². The van der Waals surface area contributed by atoms with Gasteiger partial charge in [-0.05, 0) is 30.7 Å². The lowest BCUT2D eigenvalue weighted by atomic mass is 10.0. The van der Waals surface area contributed by atoms with Crippen molar-refractivity contribution in [2.45, 2.75) is 26.3 Å². The molecule has 0 unspecified atom stereocenters. The summed E-state index contributed by atoms with van der Waals surface area (Å²) in [5.41, 5.74) is 2.84. The number of nitrogens with one attached hydrogen (secondary N) is 2. The molecule has 26 heavy (non-hydrogen) atoms. The van der Waals surface area contributed by atoms with Crippen molar-refractivity contribution in [2.24, 2.45) is 0 Å². The highest BCUT2D eigenvalue weighted by molar-refractivity contribution is 5.92. The maximum absolute atomic E-state index is 12.5. The van der Waals surface area contributed by atoms with E-state index in [1.54, 1.807) is 6.07 Å². The number of aromatic nitrogens is 1. The number of hydrogen-bond donors (Lipinski definition) is 2. The Kier molecular flexibility index (Phi) is 5.27. The standard InChI is InChI=1S/C21H21N3O2/c1-14-7-9-17(10-8-14)19(22-15(2)25)13-21(26)24-20-12-11-16-5-3-4-6-18(16)23-20/h3-12,19H,13H2,1-2H3,(H,22,25)(H,23,24,26)/t19-/m0/s1. The molecule has 0 aliphatic rings. The van der Waals surface area contributed by atoms with Crippen molar-refractivity contribution < 1.29 is 9.59 Å². The van der Waals surface area contributed by atoms with Crippen LogP contribution in [0.1, 0.15) is 30.5 Å². The van der Waals surface area contributed by atoms with Gasteiger partial charge in [-0.25, -0.2) is 4.98 Å². The lowest BCUT2D eigenvalue weighted by Gasteiger charge is -2.18. The number of amides is 2. The molecule has 2 aromatic carbocycles. The quantitative estimate of drug-likeness (QED) is 0.738. The molecule has 132 valence electrons. The van der Waals surface area contributed by atoms with Gasteiger partial charge >= 0.3 is 0 Å². The van der Waals surface area contributed by atoms with Crippen LogP contribution >= 0.6 is 0 Å². The average Bonchev–Trinajstić information content (AvgIpc) is 2.61. The van der Waals surface area contributed by atoms with Crippen LogP contribution in [0.3, 0.4) is 0 Å². The number of benzene rings is 2. The Bertz CT molecular complexity index is 935. The number of nitrogens with zero attached hydrogens (tertiary/aromatic N) is 1. The molecule has 2 amide bonds. The monoisotopic (exact) mass is 347 g/mol. The van der Waals surface area contributed by atoms with Crippen molar-refractivity contribution in [3.8, 4) is 0 Å². The Balaban J connectivity index is 1.73. The second-order valence-electron chi connectivity index (χ2n) is 6.31. The van der Waals surface area contributed by atoms with Gasteiger partial charge in [-0.1, -0.05) is 48.0 Å². The van der Waals surface area contributed by atoms with Gasteiger partial charge in [0.05, 0.1) is 18.0 Å². The van der Waals surface area contributed by atoms with Crippen LogP contribution in [-0.4, -0.2) is 16.8 Å². The fourth-order valence-electron chi connectivity index (χ4n) is 2.81. The van der Waals surface area contributed by atoms with Crippen LogP contribution in [-0.2, 0) is 9.59 Å². The second-order valence-corrected chi connectivity index (χ2v) is 6.31. The van der Waals surface area contributed by atoms with Gasteiger partial charge in [0.2, 0.25) is 11.8 Å². The minimum atomic E-state index is -0.381. The molecule has 5 heteroatoms. The highest BCUT2D eigenvalue weighted by atomic mass is 16.2. The zero-order chi connectivity index (χ0) is 18.5. The van der Waals surface area contributed by atoms with E-state index in [4.69, 9.17) is 0 Å². The fourth-order valence-corrected chi connectivity index (χ4v) is 2.81. The van der Waals surface area contributed by atoms with Crippen molar-refractivity contribution in [1.82, 2.24) is 10.3 Å². The molecular weight excluding hydrogens is 326 g/mol. The van der Waals surface area contributed by atoms with Crippen LogP contribution in [0.25, 0.3) is 10.9 Å². The smallest absolute Gasteiger partial charge is 0.227 e. The first-order valence-corrected chi connectivity index (χ1v) is 8.50. The molecule has 5 nitrogen and oxygen atoms in total. The van der Waals surface area contributed by atoms with Gasteiger partial charge in [-0.2, -0.15) is 0 Å². The van der Waals surface area contributed by atoms with E-state index in [1.807, 2.05) is 61.5 Å². The molecule has 0 aliphatic heterocycles. The number of aryl methyl sites for hydroxylation is 1. The number of carbonyl (C=O) groups excluding carboxylic acids is 2. The molecule has 1 aromatic heterocycles. The van der Waals surface area contributed by atoms with Gasteiger partial charge in [0.25, 0.3) is 0 Å². The predicted molar refractivity (Wildman–Crippen MR) is 103 cm³/mol. The Morgan fingerprint density at radius 2 is 1.73 bits per heavy atom. The van der Waals surface area contributed by atoms with E-state index >= 15 is 0 Å². The van der Waals surface area contributed by atoms with Gasteiger partial charge < -0.3 is 10.6 Å². The third-order valence-corrected chi connectivity index (χ3v) is 4.11. The summed E-state index contributed by atoms with van der Waals surface area (Å²) in [6.45, 7) is 3.44. The molecule has 0 saturated carbocycles. The van der Waals surface area contributed by atoms with Gasteiger partial charge in [0.1, 0.15) is 5.82 Å². The SMILES string of the molecule is CC(=O)N[C@@H](CC(=O)Nc1ccc2ccccc2n1)c1ccc(C)cc1. The zero-order valence-electron chi connectivity index (χ0n) is 14.8. The van der Waals surface area contributed by atoms with Gasteiger partial charge in [-0.15, -0.1) is 0 Å². The molecule has 2 N–H and O–H groups in total. The summed E-state index contributed by atoms with van der Waals surface area (Å²) in [4.78, 5) is 28.5. The van der Waals surface area contributed by atoms with Crippen LogP contribution in [0, 0.1) is 6.92 Å². The number of pyridine rings is 1. The third kappa shape index (κ3) is 4.45. The van der Waals surface area contributed by atoms with E-state index in [9.17, 15) is 9.59 Å². The highest BCUT2D eigenvalue weighted by Crippen LogP contribution is 2.19. The lowest BCUT2D eigenvalue weighted by Crippen LogP contribution is -2.29. The molecule has 0 bridgehead atoms. The van der Waals surface area contributed by atoms with Crippen molar-refractivity contribution in [3.63, 3.8) is 0 Å². The Labute approximate surface area is 152 Å². The van der Waals surface area contributed by atoms with Crippen molar-refractivity contribution in [2.75, 3.05) is 5.32 Å². The molecule has 0 spiro atoms. The summed E-state index contributed by atoms with van der Waals surface area (Å²) >= 11 is 0. The number of para-hydroxylation sites is 1. The maximum atomic E-state index is 12.5. The highest BCUT2D eigenvalue weighted by Gasteiger charge is 2.17. The summed E-state index contributed by atoms with van der Waals surface area (Å²) < 4.78 is 0. The normalized spacial score (nSPS) is 11.8. The van der Waals surface area contributed by atoms with E-state index < -0.39 is 0 Å². The Morgan fingerprint density at radius 1 is 1.00 bits per heavy atom. The first-order valence-electron chi connectivity index (χ1n) is 8.50. The fraction of sp³-hybridized carbons (Fsp3) is 0.190. The predicted octanol–water partition coefficient (Wildman–Crippen LogP) is 3.75. The Hall–Kier alpha value is -3.21. The molecule has 3 aromatic rings. The van der Waals surface area contributed by atoms with Gasteiger partial charge in [-0.3, -0.25) is 9.59 Å². The van der Waals surface area contributed by atoms with Crippen LogP contribution in [0.2, 0.25) is 0 Å². The molecule has 1 heterocycles. The van der Waals surface area contributed by atoms with E-state index in [1.165, 1.54) is 6.92 Å². The van der Waals surface area contributed by atoms with Gasteiger partial charge in [0.15, 0.2) is 0 Å².